The highest BCUT2D eigenvalue weighted by atomic mass is 32.1. The van der Waals surface area contributed by atoms with Gasteiger partial charge in [-0.25, -0.2) is 9.37 Å². The molecule has 20 heavy (non-hydrogen) atoms. The van der Waals surface area contributed by atoms with Crippen molar-refractivity contribution in [2.75, 3.05) is 11.9 Å². The van der Waals surface area contributed by atoms with Gasteiger partial charge in [0.2, 0.25) is 0 Å². The molecule has 2 aromatic rings. The first-order valence-electron chi connectivity index (χ1n) is 6.48. The smallest absolute Gasteiger partial charge is 0.126 e. The SMILES string of the molecule is Cc1cc(N(C)Cc2scnc2C)c(C(C)O)cc1F. The molecule has 3 nitrogen and oxygen atoms in total. The molecule has 0 amide bonds. The Balaban J connectivity index is 2.36. The van der Waals surface area contributed by atoms with Crippen LogP contribution in [0.25, 0.3) is 0 Å². The van der Waals surface area contributed by atoms with Crippen LogP contribution in [0.15, 0.2) is 17.6 Å². The van der Waals surface area contributed by atoms with Crippen LogP contribution >= 0.6 is 11.3 Å². The van der Waals surface area contributed by atoms with Crippen LogP contribution in [0.1, 0.15) is 34.7 Å². The lowest BCUT2D eigenvalue weighted by molar-refractivity contribution is 0.199. The minimum Gasteiger partial charge on any atom is -0.389 e. The quantitative estimate of drug-likeness (QED) is 0.936. The van der Waals surface area contributed by atoms with Gasteiger partial charge in [0.15, 0.2) is 0 Å². The molecule has 2 rings (SSSR count). The molecule has 0 aliphatic rings. The molecular formula is C15H19FN2OS. The average Bonchev–Trinajstić information content (AvgIpc) is 2.77. The van der Waals surface area contributed by atoms with Gasteiger partial charge in [0.1, 0.15) is 5.82 Å². The van der Waals surface area contributed by atoms with Crippen LogP contribution in [0, 0.1) is 19.7 Å². The molecule has 0 radical (unpaired) electrons. The van der Waals surface area contributed by atoms with E-state index >= 15 is 0 Å². The summed E-state index contributed by atoms with van der Waals surface area (Å²) in [5, 5.41) is 9.85. The first-order valence-corrected chi connectivity index (χ1v) is 7.36. The van der Waals surface area contributed by atoms with Crippen molar-refractivity contribution in [2.24, 2.45) is 0 Å². The number of rotatable bonds is 4. The predicted molar refractivity (Wildman–Crippen MR) is 80.7 cm³/mol. The second kappa shape index (κ2) is 5.89. The Bertz CT molecular complexity index is 610. The molecule has 0 saturated heterocycles. The molecule has 5 heteroatoms. The van der Waals surface area contributed by atoms with E-state index in [1.165, 1.54) is 10.9 Å². The molecule has 1 N–H and O–H groups in total. The number of hydrogen-bond donors (Lipinski definition) is 1. The van der Waals surface area contributed by atoms with Gasteiger partial charge in [-0.1, -0.05) is 0 Å². The lowest BCUT2D eigenvalue weighted by atomic mass is 10.0. The van der Waals surface area contributed by atoms with Crippen LogP contribution in [0.5, 0.6) is 0 Å². The van der Waals surface area contributed by atoms with Crippen LogP contribution < -0.4 is 4.90 Å². The fourth-order valence-electron chi connectivity index (χ4n) is 2.13. The zero-order chi connectivity index (χ0) is 14.9. The number of anilines is 1. The summed E-state index contributed by atoms with van der Waals surface area (Å²) in [6, 6.07) is 3.21. The van der Waals surface area contributed by atoms with Crippen molar-refractivity contribution in [1.29, 1.82) is 0 Å². The van der Waals surface area contributed by atoms with E-state index in [4.69, 9.17) is 0 Å². The Kier molecular flexibility index (Phi) is 4.40. The van der Waals surface area contributed by atoms with E-state index in [0.717, 1.165) is 11.4 Å². The molecule has 1 atom stereocenters. The van der Waals surface area contributed by atoms with E-state index in [1.54, 1.807) is 31.3 Å². The summed E-state index contributed by atoms with van der Waals surface area (Å²) < 4.78 is 13.7. The minimum absolute atomic E-state index is 0.285. The summed E-state index contributed by atoms with van der Waals surface area (Å²) in [5.74, 6) is -0.285. The molecule has 0 saturated carbocycles. The fraction of sp³-hybridized carbons (Fsp3) is 0.400. The van der Waals surface area contributed by atoms with Gasteiger partial charge in [-0.3, -0.25) is 0 Å². The third-order valence-corrected chi connectivity index (χ3v) is 4.31. The van der Waals surface area contributed by atoms with Crippen molar-refractivity contribution in [2.45, 2.75) is 33.4 Å². The summed E-state index contributed by atoms with van der Waals surface area (Å²) in [5.41, 5.74) is 4.88. The van der Waals surface area contributed by atoms with Crippen LogP contribution in [-0.2, 0) is 6.54 Å². The van der Waals surface area contributed by atoms with E-state index in [1.807, 2.05) is 24.4 Å². The second-order valence-corrected chi connectivity index (χ2v) is 5.99. The molecule has 0 aliphatic heterocycles. The van der Waals surface area contributed by atoms with E-state index in [0.29, 0.717) is 17.7 Å². The topological polar surface area (TPSA) is 36.4 Å². The number of benzene rings is 1. The summed E-state index contributed by atoms with van der Waals surface area (Å²) >= 11 is 1.60. The van der Waals surface area contributed by atoms with Gasteiger partial charge >= 0.3 is 0 Å². The van der Waals surface area contributed by atoms with Crippen molar-refractivity contribution in [1.82, 2.24) is 4.98 Å². The van der Waals surface area contributed by atoms with E-state index < -0.39 is 6.10 Å². The first kappa shape index (κ1) is 14.9. The van der Waals surface area contributed by atoms with Gasteiger partial charge in [-0.2, -0.15) is 0 Å². The Labute approximate surface area is 122 Å². The molecule has 0 aliphatic carbocycles. The average molecular weight is 294 g/mol. The molecular weight excluding hydrogens is 275 g/mol. The largest absolute Gasteiger partial charge is 0.389 e. The fourth-order valence-corrected chi connectivity index (χ4v) is 2.95. The molecule has 1 heterocycles. The number of aromatic nitrogens is 1. The van der Waals surface area contributed by atoms with Crippen molar-refractivity contribution >= 4 is 17.0 Å². The number of hydrogen-bond acceptors (Lipinski definition) is 4. The highest BCUT2D eigenvalue weighted by molar-refractivity contribution is 7.09. The molecule has 1 aromatic heterocycles. The summed E-state index contributed by atoms with van der Waals surface area (Å²) in [4.78, 5) is 7.43. The Hall–Kier alpha value is -1.46. The third kappa shape index (κ3) is 2.99. The lowest BCUT2D eigenvalue weighted by Gasteiger charge is -2.24. The number of aliphatic hydroxyl groups excluding tert-OH is 1. The molecule has 0 bridgehead atoms. The van der Waals surface area contributed by atoms with Crippen LogP contribution in [0.2, 0.25) is 0 Å². The van der Waals surface area contributed by atoms with Gasteiger partial charge in [0.05, 0.1) is 23.9 Å². The Morgan fingerprint density at radius 1 is 1.40 bits per heavy atom. The number of aliphatic hydroxyl groups is 1. The summed E-state index contributed by atoms with van der Waals surface area (Å²) in [6.07, 6.45) is -0.704. The highest BCUT2D eigenvalue weighted by Crippen LogP contribution is 2.30. The van der Waals surface area contributed by atoms with Gasteiger partial charge in [-0.15, -0.1) is 11.3 Å². The summed E-state index contributed by atoms with van der Waals surface area (Å²) in [7, 11) is 1.94. The van der Waals surface area contributed by atoms with Gasteiger partial charge in [0.25, 0.3) is 0 Å². The van der Waals surface area contributed by atoms with Crippen molar-refractivity contribution in [3.8, 4) is 0 Å². The van der Waals surface area contributed by atoms with E-state index in [-0.39, 0.29) is 5.82 Å². The normalized spacial score (nSPS) is 12.5. The second-order valence-electron chi connectivity index (χ2n) is 5.05. The first-order chi connectivity index (χ1) is 9.40. The number of nitrogens with zero attached hydrogens (tertiary/aromatic N) is 2. The number of thiazole rings is 1. The van der Waals surface area contributed by atoms with Crippen LogP contribution in [0.4, 0.5) is 10.1 Å². The number of aryl methyl sites for hydroxylation is 2. The Morgan fingerprint density at radius 3 is 2.65 bits per heavy atom. The van der Waals surface area contributed by atoms with Crippen molar-refractivity contribution in [3.05, 3.63) is 45.2 Å². The maximum atomic E-state index is 13.7. The lowest BCUT2D eigenvalue weighted by Crippen LogP contribution is -2.19. The van der Waals surface area contributed by atoms with Gasteiger partial charge in [0, 0.05) is 23.2 Å². The van der Waals surface area contributed by atoms with Gasteiger partial charge in [-0.05, 0) is 38.5 Å². The van der Waals surface area contributed by atoms with E-state index in [2.05, 4.69) is 4.98 Å². The van der Waals surface area contributed by atoms with Crippen molar-refractivity contribution in [3.63, 3.8) is 0 Å². The predicted octanol–water partition coefficient (Wildman–Crippen LogP) is 3.59. The highest BCUT2D eigenvalue weighted by Gasteiger charge is 2.16. The minimum atomic E-state index is -0.704. The molecule has 0 fully saturated rings. The maximum absolute atomic E-state index is 13.7. The van der Waals surface area contributed by atoms with Crippen LogP contribution in [0.3, 0.4) is 0 Å². The van der Waals surface area contributed by atoms with Crippen LogP contribution in [-0.4, -0.2) is 17.1 Å². The zero-order valence-electron chi connectivity index (χ0n) is 12.1. The molecule has 108 valence electrons. The molecule has 1 unspecified atom stereocenters. The summed E-state index contributed by atoms with van der Waals surface area (Å²) in [6.45, 7) is 6.06. The molecule has 1 aromatic carbocycles. The van der Waals surface area contributed by atoms with Gasteiger partial charge < -0.3 is 10.0 Å². The molecule has 0 spiro atoms. The standard InChI is InChI=1S/C15H19FN2OS/c1-9-5-14(12(11(3)19)6-13(9)16)18(4)7-15-10(2)17-8-20-15/h5-6,8,11,19H,7H2,1-4H3. The maximum Gasteiger partial charge on any atom is 0.126 e. The number of halogens is 1. The monoisotopic (exact) mass is 294 g/mol. The zero-order valence-corrected chi connectivity index (χ0v) is 13.0. The Morgan fingerprint density at radius 2 is 2.10 bits per heavy atom. The van der Waals surface area contributed by atoms with Crippen molar-refractivity contribution < 1.29 is 9.50 Å². The third-order valence-electron chi connectivity index (χ3n) is 3.39. The van der Waals surface area contributed by atoms with E-state index in [9.17, 15) is 9.50 Å².